The quantitative estimate of drug-likeness (QED) is 0.696. The Morgan fingerprint density at radius 3 is 3.06 bits per heavy atom. The molecule has 2 rings (SSSR count). The molecule has 0 radical (unpaired) electrons. The van der Waals surface area contributed by atoms with Crippen molar-refractivity contribution in [1.82, 2.24) is 10.3 Å². The predicted octanol–water partition coefficient (Wildman–Crippen LogP) is 0.592. The lowest BCUT2D eigenvalue weighted by atomic mass is 10.1. The zero-order valence-electron chi connectivity index (χ0n) is 9.78. The molecule has 0 aromatic carbocycles. The molecule has 17 heavy (non-hydrogen) atoms. The van der Waals surface area contributed by atoms with Gasteiger partial charge < -0.3 is 16.4 Å². The van der Waals surface area contributed by atoms with E-state index in [1.165, 1.54) is 12.6 Å². The number of primary amides is 1. The lowest BCUT2D eigenvalue weighted by Gasteiger charge is -2.09. The Morgan fingerprint density at radius 2 is 2.47 bits per heavy atom. The molecule has 1 unspecified atom stereocenters. The van der Waals surface area contributed by atoms with Gasteiger partial charge in [0.25, 0.3) is 0 Å². The largest absolute Gasteiger partial charge is 0.370 e. The molecule has 2 heterocycles. The lowest BCUT2D eigenvalue weighted by Crippen LogP contribution is -2.14. The number of amides is 1. The second-order valence-electron chi connectivity index (χ2n) is 4.37. The number of hydrogen-bond donors (Lipinski definition) is 3. The highest BCUT2D eigenvalue weighted by Crippen LogP contribution is 2.12. The number of nitrogens with one attached hydrogen (secondary N) is 2. The standard InChI is InChI=1S/C12H18N4O/c13-12(17)10-1-2-11(16-8-10)15-6-4-9-3-5-14-7-9/h1-2,8-9,14H,3-7H2,(H2,13,17)(H,15,16). The summed E-state index contributed by atoms with van der Waals surface area (Å²) in [6.45, 7) is 3.17. The van der Waals surface area contributed by atoms with E-state index in [0.29, 0.717) is 5.56 Å². The first-order valence-corrected chi connectivity index (χ1v) is 5.96. The molecule has 1 aromatic rings. The van der Waals surface area contributed by atoms with Crippen LogP contribution in [0.5, 0.6) is 0 Å². The van der Waals surface area contributed by atoms with Crippen LogP contribution in [0.2, 0.25) is 0 Å². The van der Waals surface area contributed by atoms with Gasteiger partial charge in [0.1, 0.15) is 5.82 Å². The van der Waals surface area contributed by atoms with Gasteiger partial charge in [-0.05, 0) is 44.0 Å². The normalized spacial score (nSPS) is 19.2. The summed E-state index contributed by atoms with van der Waals surface area (Å²) < 4.78 is 0. The lowest BCUT2D eigenvalue weighted by molar-refractivity contribution is 0.1000. The third-order valence-electron chi connectivity index (χ3n) is 3.07. The molecular formula is C12H18N4O. The Kier molecular flexibility index (Phi) is 3.93. The number of anilines is 1. The summed E-state index contributed by atoms with van der Waals surface area (Å²) in [6.07, 6.45) is 3.91. The second kappa shape index (κ2) is 5.63. The third-order valence-corrected chi connectivity index (χ3v) is 3.07. The minimum Gasteiger partial charge on any atom is -0.370 e. The molecule has 0 aliphatic carbocycles. The molecule has 1 amide bonds. The van der Waals surface area contributed by atoms with E-state index in [-0.39, 0.29) is 0 Å². The van der Waals surface area contributed by atoms with Crippen LogP contribution in [-0.2, 0) is 0 Å². The first-order valence-electron chi connectivity index (χ1n) is 5.96. The molecule has 1 aliphatic heterocycles. The fraction of sp³-hybridized carbons (Fsp3) is 0.500. The van der Waals surface area contributed by atoms with Crippen LogP contribution in [0.25, 0.3) is 0 Å². The molecule has 5 nitrogen and oxygen atoms in total. The van der Waals surface area contributed by atoms with Crippen molar-refractivity contribution < 1.29 is 4.79 Å². The number of carbonyl (C=O) groups excluding carboxylic acids is 1. The third kappa shape index (κ3) is 3.42. The van der Waals surface area contributed by atoms with Crippen LogP contribution < -0.4 is 16.4 Å². The summed E-state index contributed by atoms with van der Waals surface area (Å²) in [5.74, 6) is 1.12. The van der Waals surface area contributed by atoms with E-state index in [4.69, 9.17) is 5.73 Å². The second-order valence-corrected chi connectivity index (χ2v) is 4.37. The molecule has 4 N–H and O–H groups in total. The Hall–Kier alpha value is -1.62. The van der Waals surface area contributed by atoms with E-state index in [1.54, 1.807) is 12.1 Å². The maximum atomic E-state index is 10.9. The molecule has 5 heteroatoms. The van der Waals surface area contributed by atoms with Crippen LogP contribution in [0.15, 0.2) is 18.3 Å². The van der Waals surface area contributed by atoms with Gasteiger partial charge in [-0.15, -0.1) is 0 Å². The summed E-state index contributed by atoms with van der Waals surface area (Å²) >= 11 is 0. The molecule has 1 aromatic heterocycles. The molecule has 1 atom stereocenters. The number of nitrogens with two attached hydrogens (primary N) is 1. The number of nitrogens with zero attached hydrogens (tertiary/aromatic N) is 1. The zero-order chi connectivity index (χ0) is 12.1. The Bertz CT molecular complexity index is 371. The van der Waals surface area contributed by atoms with Crippen LogP contribution in [0, 0.1) is 5.92 Å². The summed E-state index contributed by atoms with van der Waals surface area (Å²) in [7, 11) is 0. The average molecular weight is 234 g/mol. The zero-order valence-corrected chi connectivity index (χ0v) is 9.78. The first kappa shape index (κ1) is 11.9. The van der Waals surface area contributed by atoms with Gasteiger partial charge in [0.05, 0.1) is 5.56 Å². The monoisotopic (exact) mass is 234 g/mol. The van der Waals surface area contributed by atoms with Gasteiger partial charge in [-0.1, -0.05) is 0 Å². The Morgan fingerprint density at radius 1 is 1.59 bits per heavy atom. The fourth-order valence-electron chi connectivity index (χ4n) is 2.01. The molecule has 1 aliphatic rings. The van der Waals surface area contributed by atoms with E-state index < -0.39 is 5.91 Å². The van der Waals surface area contributed by atoms with Gasteiger partial charge in [0.15, 0.2) is 0 Å². The van der Waals surface area contributed by atoms with Crippen LogP contribution >= 0.6 is 0 Å². The van der Waals surface area contributed by atoms with Crippen molar-refractivity contribution in [1.29, 1.82) is 0 Å². The average Bonchev–Trinajstić information content (AvgIpc) is 2.83. The first-order chi connectivity index (χ1) is 8.25. The molecular weight excluding hydrogens is 216 g/mol. The van der Waals surface area contributed by atoms with Crippen molar-refractivity contribution in [3.8, 4) is 0 Å². The molecule has 1 saturated heterocycles. The topological polar surface area (TPSA) is 80.0 Å². The van der Waals surface area contributed by atoms with Crippen LogP contribution in [0.3, 0.4) is 0 Å². The molecule has 0 spiro atoms. The van der Waals surface area contributed by atoms with Gasteiger partial charge in [0, 0.05) is 12.7 Å². The molecule has 92 valence electrons. The van der Waals surface area contributed by atoms with Crippen molar-refractivity contribution >= 4 is 11.7 Å². The SMILES string of the molecule is NC(=O)c1ccc(NCCC2CCNC2)nc1. The van der Waals surface area contributed by atoms with E-state index in [0.717, 1.165) is 37.8 Å². The molecule has 1 fully saturated rings. The van der Waals surface area contributed by atoms with E-state index in [2.05, 4.69) is 15.6 Å². The van der Waals surface area contributed by atoms with Gasteiger partial charge in [0.2, 0.25) is 5.91 Å². The predicted molar refractivity (Wildman–Crippen MR) is 66.8 cm³/mol. The number of aromatic nitrogens is 1. The van der Waals surface area contributed by atoms with Crippen LogP contribution in [0.4, 0.5) is 5.82 Å². The summed E-state index contributed by atoms with van der Waals surface area (Å²) in [5.41, 5.74) is 5.58. The fourth-order valence-corrected chi connectivity index (χ4v) is 2.01. The summed E-state index contributed by atoms with van der Waals surface area (Å²) in [5, 5.41) is 6.59. The van der Waals surface area contributed by atoms with Crippen LogP contribution in [-0.4, -0.2) is 30.5 Å². The maximum absolute atomic E-state index is 10.9. The highest BCUT2D eigenvalue weighted by molar-refractivity contribution is 5.92. The van der Waals surface area contributed by atoms with Crippen LogP contribution in [0.1, 0.15) is 23.2 Å². The van der Waals surface area contributed by atoms with E-state index in [1.807, 2.05) is 0 Å². The Labute approximate surface area is 101 Å². The summed E-state index contributed by atoms with van der Waals surface area (Å²) in [6, 6.07) is 3.47. The smallest absolute Gasteiger partial charge is 0.250 e. The maximum Gasteiger partial charge on any atom is 0.250 e. The van der Waals surface area contributed by atoms with Gasteiger partial charge in [-0.3, -0.25) is 4.79 Å². The molecule has 0 bridgehead atoms. The van der Waals surface area contributed by atoms with Crippen molar-refractivity contribution in [3.05, 3.63) is 23.9 Å². The van der Waals surface area contributed by atoms with Gasteiger partial charge >= 0.3 is 0 Å². The highest BCUT2D eigenvalue weighted by atomic mass is 16.1. The van der Waals surface area contributed by atoms with E-state index >= 15 is 0 Å². The number of carbonyl (C=O) groups is 1. The van der Waals surface area contributed by atoms with Crippen molar-refractivity contribution in [3.63, 3.8) is 0 Å². The number of rotatable bonds is 5. The minimum atomic E-state index is -0.443. The Balaban J connectivity index is 1.76. The van der Waals surface area contributed by atoms with Crippen molar-refractivity contribution in [2.45, 2.75) is 12.8 Å². The van der Waals surface area contributed by atoms with Gasteiger partial charge in [-0.25, -0.2) is 4.98 Å². The highest BCUT2D eigenvalue weighted by Gasteiger charge is 2.13. The van der Waals surface area contributed by atoms with Gasteiger partial charge in [-0.2, -0.15) is 0 Å². The van der Waals surface area contributed by atoms with E-state index in [9.17, 15) is 4.79 Å². The minimum absolute atomic E-state index is 0.440. The van der Waals surface area contributed by atoms with Crippen molar-refractivity contribution in [2.75, 3.05) is 25.0 Å². The summed E-state index contributed by atoms with van der Waals surface area (Å²) in [4.78, 5) is 15.0. The number of hydrogen-bond acceptors (Lipinski definition) is 4. The molecule has 0 saturated carbocycles. The van der Waals surface area contributed by atoms with Crippen molar-refractivity contribution in [2.24, 2.45) is 11.7 Å². The number of pyridine rings is 1.